The second-order valence-electron chi connectivity index (χ2n) is 3.39. The number of carbonyl (C=O) groups is 1. The van der Waals surface area contributed by atoms with Gasteiger partial charge in [0, 0.05) is 6.08 Å². The summed E-state index contributed by atoms with van der Waals surface area (Å²) in [5.41, 5.74) is 1.10. The summed E-state index contributed by atoms with van der Waals surface area (Å²) in [6, 6.07) is 0. The quantitative estimate of drug-likeness (QED) is 0.264. The Bertz CT molecular complexity index is 239. The maximum atomic E-state index is 10.7. The van der Waals surface area contributed by atoms with Crippen LogP contribution < -0.4 is 0 Å². The molecule has 15 heavy (non-hydrogen) atoms. The van der Waals surface area contributed by atoms with E-state index >= 15 is 0 Å². The zero-order valence-corrected chi connectivity index (χ0v) is 9.50. The molecule has 0 rings (SSSR count). The Morgan fingerprint density at radius 3 is 2.67 bits per heavy atom. The van der Waals surface area contributed by atoms with Crippen molar-refractivity contribution in [2.24, 2.45) is 0 Å². The van der Waals surface area contributed by atoms with Crippen molar-refractivity contribution in [1.82, 2.24) is 0 Å². The SMILES string of the molecule is C=CC(=C)CCCCC/C=C/C(=O)OC. The minimum absolute atomic E-state index is 0.282. The van der Waals surface area contributed by atoms with E-state index in [0.717, 1.165) is 37.7 Å². The van der Waals surface area contributed by atoms with Gasteiger partial charge in [0.15, 0.2) is 0 Å². The predicted molar refractivity (Wildman–Crippen MR) is 63.6 cm³/mol. The molecular formula is C13H20O2. The number of methoxy groups -OCH3 is 1. The van der Waals surface area contributed by atoms with E-state index in [-0.39, 0.29) is 5.97 Å². The zero-order chi connectivity index (χ0) is 11.5. The van der Waals surface area contributed by atoms with Gasteiger partial charge in [0.1, 0.15) is 0 Å². The summed E-state index contributed by atoms with van der Waals surface area (Å²) < 4.78 is 4.48. The van der Waals surface area contributed by atoms with E-state index in [0.29, 0.717) is 0 Å². The van der Waals surface area contributed by atoms with Crippen molar-refractivity contribution < 1.29 is 9.53 Å². The highest BCUT2D eigenvalue weighted by atomic mass is 16.5. The van der Waals surface area contributed by atoms with Gasteiger partial charge in [-0.1, -0.05) is 37.3 Å². The molecule has 0 fully saturated rings. The average Bonchev–Trinajstić information content (AvgIpc) is 2.26. The van der Waals surface area contributed by atoms with Crippen molar-refractivity contribution in [2.45, 2.75) is 32.1 Å². The molecular weight excluding hydrogens is 188 g/mol. The van der Waals surface area contributed by atoms with Crippen LogP contribution in [0.25, 0.3) is 0 Å². The molecule has 0 aromatic rings. The van der Waals surface area contributed by atoms with Gasteiger partial charge in [-0.25, -0.2) is 4.79 Å². The monoisotopic (exact) mass is 208 g/mol. The summed E-state index contributed by atoms with van der Waals surface area (Å²) in [6.07, 6.45) is 10.5. The number of allylic oxidation sites excluding steroid dienone is 3. The van der Waals surface area contributed by atoms with Crippen LogP contribution in [-0.4, -0.2) is 13.1 Å². The first-order chi connectivity index (χ1) is 7.20. The van der Waals surface area contributed by atoms with E-state index in [9.17, 15) is 4.79 Å². The van der Waals surface area contributed by atoms with Gasteiger partial charge in [0.05, 0.1) is 7.11 Å². The maximum absolute atomic E-state index is 10.7. The summed E-state index contributed by atoms with van der Waals surface area (Å²) in [5.74, 6) is -0.282. The van der Waals surface area contributed by atoms with Gasteiger partial charge in [0.2, 0.25) is 0 Å². The number of hydrogen-bond acceptors (Lipinski definition) is 2. The topological polar surface area (TPSA) is 26.3 Å². The minimum atomic E-state index is -0.282. The Hall–Kier alpha value is -1.31. The second kappa shape index (κ2) is 9.25. The minimum Gasteiger partial charge on any atom is -0.466 e. The fraction of sp³-hybridized carbons (Fsp3) is 0.462. The van der Waals surface area contributed by atoms with Crippen LogP contribution in [0.1, 0.15) is 32.1 Å². The van der Waals surface area contributed by atoms with E-state index < -0.39 is 0 Å². The van der Waals surface area contributed by atoms with Crippen LogP contribution >= 0.6 is 0 Å². The Labute approximate surface area is 92.3 Å². The van der Waals surface area contributed by atoms with E-state index in [4.69, 9.17) is 0 Å². The van der Waals surface area contributed by atoms with Crippen LogP contribution in [0.3, 0.4) is 0 Å². The molecule has 2 nitrogen and oxygen atoms in total. The lowest BCUT2D eigenvalue weighted by Crippen LogP contribution is -1.93. The smallest absolute Gasteiger partial charge is 0.330 e. The third kappa shape index (κ3) is 9.01. The third-order valence-corrected chi connectivity index (χ3v) is 2.11. The molecule has 0 aliphatic carbocycles. The number of unbranched alkanes of at least 4 members (excludes halogenated alkanes) is 3. The predicted octanol–water partition coefficient (Wildman–Crippen LogP) is 3.41. The molecule has 0 saturated carbocycles. The molecule has 0 spiro atoms. The van der Waals surface area contributed by atoms with Crippen molar-refractivity contribution >= 4 is 5.97 Å². The normalized spacial score (nSPS) is 10.2. The van der Waals surface area contributed by atoms with Gasteiger partial charge in [-0.3, -0.25) is 0 Å². The largest absolute Gasteiger partial charge is 0.466 e. The Morgan fingerprint density at radius 2 is 2.07 bits per heavy atom. The van der Waals surface area contributed by atoms with Gasteiger partial charge >= 0.3 is 5.97 Å². The fourth-order valence-electron chi connectivity index (χ4n) is 1.14. The molecule has 2 heteroatoms. The molecule has 0 aromatic carbocycles. The average molecular weight is 208 g/mol. The molecule has 0 unspecified atom stereocenters. The van der Waals surface area contributed by atoms with Crippen LogP contribution in [0, 0.1) is 0 Å². The summed E-state index contributed by atoms with van der Waals surface area (Å²) in [6.45, 7) is 7.50. The van der Waals surface area contributed by atoms with Gasteiger partial charge in [-0.05, 0) is 25.7 Å². The molecule has 0 aromatic heterocycles. The Balaban J connectivity index is 3.32. The molecule has 0 amide bonds. The molecule has 0 heterocycles. The lowest BCUT2D eigenvalue weighted by molar-refractivity contribution is -0.134. The molecule has 0 aliphatic rings. The number of ether oxygens (including phenoxy) is 1. The highest BCUT2D eigenvalue weighted by Gasteiger charge is 1.91. The summed E-state index contributed by atoms with van der Waals surface area (Å²) >= 11 is 0. The van der Waals surface area contributed by atoms with Crippen molar-refractivity contribution in [3.05, 3.63) is 37.0 Å². The van der Waals surface area contributed by atoms with Gasteiger partial charge in [0.25, 0.3) is 0 Å². The number of rotatable bonds is 8. The molecule has 0 atom stereocenters. The van der Waals surface area contributed by atoms with Gasteiger partial charge < -0.3 is 4.74 Å². The van der Waals surface area contributed by atoms with Gasteiger partial charge in [-0.15, -0.1) is 0 Å². The van der Waals surface area contributed by atoms with E-state index in [1.165, 1.54) is 13.2 Å². The molecule has 0 N–H and O–H groups in total. The maximum Gasteiger partial charge on any atom is 0.330 e. The summed E-state index contributed by atoms with van der Waals surface area (Å²) in [5, 5.41) is 0. The first-order valence-electron chi connectivity index (χ1n) is 5.25. The number of hydrogen-bond donors (Lipinski definition) is 0. The molecule has 0 bridgehead atoms. The number of carbonyl (C=O) groups excluding carboxylic acids is 1. The number of esters is 1. The van der Waals surface area contributed by atoms with Crippen molar-refractivity contribution in [2.75, 3.05) is 7.11 Å². The van der Waals surface area contributed by atoms with Crippen molar-refractivity contribution in [1.29, 1.82) is 0 Å². The lowest BCUT2D eigenvalue weighted by atomic mass is 10.1. The zero-order valence-electron chi connectivity index (χ0n) is 9.50. The fourth-order valence-corrected chi connectivity index (χ4v) is 1.14. The van der Waals surface area contributed by atoms with Crippen molar-refractivity contribution in [3.8, 4) is 0 Å². The molecule has 84 valence electrons. The lowest BCUT2D eigenvalue weighted by Gasteiger charge is -1.98. The third-order valence-electron chi connectivity index (χ3n) is 2.11. The molecule has 0 radical (unpaired) electrons. The van der Waals surface area contributed by atoms with Crippen LogP contribution in [-0.2, 0) is 9.53 Å². The molecule has 0 saturated heterocycles. The van der Waals surface area contributed by atoms with Crippen LogP contribution in [0.15, 0.2) is 37.0 Å². The highest BCUT2D eigenvalue weighted by Crippen LogP contribution is 2.09. The van der Waals surface area contributed by atoms with E-state index in [1.807, 2.05) is 6.08 Å². The second-order valence-corrected chi connectivity index (χ2v) is 3.39. The first-order valence-corrected chi connectivity index (χ1v) is 5.25. The van der Waals surface area contributed by atoms with Crippen molar-refractivity contribution in [3.63, 3.8) is 0 Å². The molecule has 0 aliphatic heterocycles. The Morgan fingerprint density at radius 1 is 1.33 bits per heavy atom. The van der Waals surface area contributed by atoms with Gasteiger partial charge in [-0.2, -0.15) is 0 Å². The summed E-state index contributed by atoms with van der Waals surface area (Å²) in [4.78, 5) is 10.7. The van der Waals surface area contributed by atoms with E-state index in [1.54, 1.807) is 6.08 Å². The highest BCUT2D eigenvalue weighted by molar-refractivity contribution is 5.81. The van der Waals surface area contributed by atoms with Crippen LogP contribution in [0.4, 0.5) is 0 Å². The van der Waals surface area contributed by atoms with E-state index in [2.05, 4.69) is 17.9 Å². The van der Waals surface area contributed by atoms with Crippen LogP contribution in [0.5, 0.6) is 0 Å². The summed E-state index contributed by atoms with van der Waals surface area (Å²) in [7, 11) is 1.38. The first kappa shape index (κ1) is 13.7. The Kier molecular flexibility index (Phi) is 8.44. The van der Waals surface area contributed by atoms with Crippen LogP contribution in [0.2, 0.25) is 0 Å². The standard InChI is InChI=1S/C13H20O2/c1-4-12(2)10-8-6-5-7-9-11-13(14)15-3/h4,9,11H,1-2,5-8,10H2,3H3/b11-9+.